The summed E-state index contributed by atoms with van der Waals surface area (Å²) in [4.78, 5) is 12.2. The summed E-state index contributed by atoms with van der Waals surface area (Å²) >= 11 is 11.8. The first-order valence-electron chi connectivity index (χ1n) is 6.53. The van der Waals surface area contributed by atoms with Crippen LogP contribution in [0.15, 0.2) is 42.5 Å². The SMILES string of the molecule is COCc1ccccc1NC(=O)C(O)c1cc(Cl)cc(Cl)c1. The number of rotatable bonds is 5. The molecule has 0 saturated carbocycles. The lowest BCUT2D eigenvalue weighted by molar-refractivity contribution is -0.124. The molecule has 4 nitrogen and oxygen atoms in total. The number of benzene rings is 2. The minimum absolute atomic E-state index is 0.333. The highest BCUT2D eigenvalue weighted by molar-refractivity contribution is 6.34. The molecule has 0 spiro atoms. The van der Waals surface area contributed by atoms with Gasteiger partial charge in [-0.05, 0) is 29.8 Å². The fourth-order valence-electron chi connectivity index (χ4n) is 2.01. The Morgan fingerprint density at radius 2 is 1.86 bits per heavy atom. The molecule has 2 aromatic carbocycles. The molecule has 0 bridgehead atoms. The monoisotopic (exact) mass is 339 g/mol. The molecule has 2 rings (SSSR count). The predicted octanol–water partition coefficient (Wildman–Crippen LogP) is 3.81. The van der Waals surface area contributed by atoms with E-state index < -0.39 is 12.0 Å². The van der Waals surface area contributed by atoms with E-state index in [1.807, 2.05) is 12.1 Å². The molecule has 0 fully saturated rings. The molecule has 1 atom stereocenters. The minimum Gasteiger partial charge on any atom is -0.380 e. The zero-order valence-corrected chi connectivity index (χ0v) is 13.4. The van der Waals surface area contributed by atoms with Crippen LogP contribution >= 0.6 is 23.2 Å². The molecular weight excluding hydrogens is 325 g/mol. The molecular formula is C16H15Cl2NO3. The van der Waals surface area contributed by atoms with Crippen molar-refractivity contribution in [2.24, 2.45) is 0 Å². The van der Waals surface area contributed by atoms with E-state index in [1.54, 1.807) is 19.2 Å². The first kappa shape index (κ1) is 16.8. The van der Waals surface area contributed by atoms with Gasteiger partial charge in [0.25, 0.3) is 5.91 Å². The van der Waals surface area contributed by atoms with Crippen LogP contribution in [-0.4, -0.2) is 18.1 Å². The topological polar surface area (TPSA) is 58.6 Å². The Morgan fingerprint density at radius 1 is 1.23 bits per heavy atom. The van der Waals surface area contributed by atoms with Gasteiger partial charge in [-0.2, -0.15) is 0 Å². The largest absolute Gasteiger partial charge is 0.380 e. The maximum atomic E-state index is 12.2. The van der Waals surface area contributed by atoms with Crippen LogP contribution < -0.4 is 5.32 Å². The van der Waals surface area contributed by atoms with Crippen molar-refractivity contribution >= 4 is 34.8 Å². The third-order valence-electron chi connectivity index (χ3n) is 3.02. The van der Waals surface area contributed by atoms with Crippen molar-refractivity contribution in [1.29, 1.82) is 0 Å². The summed E-state index contributed by atoms with van der Waals surface area (Å²) in [5.41, 5.74) is 1.73. The fourth-order valence-corrected chi connectivity index (χ4v) is 2.55. The second kappa shape index (κ2) is 7.61. The summed E-state index contributed by atoms with van der Waals surface area (Å²) in [6.45, 7) is 0.357. The number of aliphatic hydroxyl groups is 1. The Kier molecular flexibility index (Phi) is 5.80. The van der Waals surface area contributed by atoms with Crippen LogP contribution in [0.3, 0.4) is 0 Å². The Morgan fingerprint density at radius 3 is 2.50 bits per heavy atom. The van der Waals surface area contributed by atoms with Crippen molar-refractivity contribution in [3.8, 4) is 0 Å². The summed E-state index contributed by atoms with van der Waals surface area (Å²) in [6, 6.07) is 11.7. The predicted molar refractivity (Wildman–Crippen MR) is 87.2 cm³/mol. The number of aliphatic hydroxyl groups excluding tert-OH is 1. The molecule has 2 aromatic rings. The van der Waals surface area contributed by atoms with Gasteiger partial charge in [-0.1, -0.05) is 41.4 Å². The van der Waals surface area contributed by atoms with E-state index in [4.69, 9.17) is 27.9 Å². The number of anilines is 1. The zero-order chi connectivity index (χ0) is 16.1. The Bertz CT molecular complexity index is 656. The Balaban J connectivity index is 2.18. The number of nitrogens with one attached hydrogen (secondary N) is 1. The molecule has 1 unspecified atom stereocenters. The minimum atomic E-state index is -1.37. The summed E-state index contributed by atoms with van der Waals surface area (Å²) < 4.78 is 5.08. The lowest BCUT2D eigenvalue weighted by atomic mass is 10.1. The van der Waals surface area contributed by atoms with Gasteiger partial charge in [0, 0.05) is 28.4 Å². The van der Waals surface area contributed by atoms with E-state index in [1.165, 1.54) is 18.2 Å². The van der Waals surface area contributed by atoms with E-state index in [-0.39, 0.29) is 0 Å². The number of carbonyl (C=O) groups excluding carboxylic acids is 1. The summed E-state index contributed by atoms with van der Waals surface area (Å²) in [5, 5.41) is 13.5. The van der Waals surface area contributed by atoms with E-state index in [0.29, 0.717) is 27.9 Å². The van der Waals surface area contributed by atoms with Gasteiger partial charge in [-0.3, -0.25) is 4.79 Å². The standard InChI is InChI=1S/C16H15Cl2NO3/c1-22-9-10-4-2-3-5-14(10)19-16(21)15(20)11-6-12(17)8-13(18)7-11/h2-8,15,20H,9H2,1H3,(H,19,21). The van der Waals surface area contributed by atoms with Crippen LogP contribution in [0, 0.1) is 0 Å². The third-order valence-corrected chi connectivity index (χ3v) is 3.46. The molecule has 1 amide bonds. The van der Waals surface area contributed by atoms with E-state index in [9.17, 15) is 9.90 Å². The highest BCUT2D eigenvalue weighted by Gasteiger charge is 2.19. The molecule has 0 saturated heterocycles. The molecule has 22 heavy (non-hydrogen) atoms. The fraction of sp³-hybridized carbons (Fsp3) is 0.188. The smallest absolute Gasteiger partial charge is 0.257 e. The molecule has 116 valence electrons. The van der Waals surface area contributed by atoms with Crippen molar-refractivity contribution in [3.05, 3.63) is 63.6 Å². The Labute approximate surface area is 138 Å². The molecule has 0 aliphatic heterocycles. The first-order chi connectivity index (χ1) is 10.5. The summed E-state index contributed by atoms with van der Waals surface area (Å²) in [5.74, 6) is -0.568. The molecule has 0 heterocycles. The normalized spacial score (nSPS) is 12.0. The van der Waals surface area contributed by atoms with Crippen molar-refractivity contribution in [3.63, 3.8) is 0 Å². The molecule has 0 radical (unpaired) electrons. The lowest BCUT2D eigenvalue weighted by Crippen LogP contribution is -2.21. The lowest BCUT2D eigenvalue weighted by Gasteiger charge is -2.15. The maximum absolute atomic E-state index is 12.2. The quantitative estimate of drug-likeness (QED) is 0.870. The van der Waals surface area contributed by atoms with Crippen molar-refractivity contribution < 1.29 is 14.6 Å². The van der Waals surface area contributed by atoms with Crippen molar-refractivity contribution in [1.82, 2.24) is 0 Å². The second-order valence-electron chi connectivity index (χ2n) is 4.68. The average Bonchev–Trinajstić information content (AvgIpc) is 2.47. The van der Waals surface area contributed by atoms with Gasteiger partial charge in [-0.15, -0.1) is 0 Å². The molecule has 0 aliphatic rings. The number of amides is 1. The summed E-state index contributed by atoms with van der Waals surface area (Å²) in [6.07, 6.45) is -1.37. The van der Waals surface area contributed by atoms with Gasteiger partial charge < -0.3 is 15.2 Å². The van der Waals surface area contributed by atoms with Crippen LogP contribution in [0.25, 0.3) is 0 Å². The zero-order valence-electron chi connectivity index (χ0n) is 11.8. The van der Waals surface area contributed by atoms with Crippen LogP contribution in [0.1, 0.15) is 17.2 Å². The maximum Gasteiger partial charge on any atom is 0.257 e. The number of hydrogen-bond donors (Lipinski definition) is 2. The van der Waals surface area contributed by atoms with Crippen LogP contribution in [0.4, 0.5) is 5.69 Å². The Hall–Kier alpha value is -1.59. The highest BCUT2D eigenvalue weighted by Crippen LogP contribution is 2.25. The van der Waals surface area contributed by atoms with Crippen molar-refractivity contribution in [2.75, 3.05) is 12.4 Å². The van der Waals surface area contributed by atoms with Gasteiger partial charge in [0.15, 0.2) is 6.10 Å². The number of ether oxygens (including phenoxy) is 1. The van der Waals surface area contributed by atoms with Gasteiger partial charge >= 0.3 is 0 Å². The summed E-state index contributed by atoms with van der Waals surface area (Å²) in [7, 11) is 1.57. The molecule has 0 aromatic heterocycles. The van der Waals surface area contributed by atoms with Gasteiger partial charge in [-0.25, -0.2) is 0 Å². The number of para-hydroxylation sites is 1. The number of carbonyl (C=O) groups is 1. The first-order valence-corrected chi connectivity index (χ1v) is 7.28. The number of halogens is 2. The molecule has 0 aliphatic carbocycles. The van der Waals surface area contributed by atoms with Crippen LogP contribution in [-0.2, 0) is 16.1 Å². The average molecular weight is 340 g/mol. The van der Waals surface area contributed by atoms with Gasteiger partial charge in [0.2, 0.25) is 0 Å². The molecule has 2 N–H and O–H groups in total. The van der Waals surface area contributed by atoms with E-state index in [0.717, 1.165) is 5.56 Å². The highest BCUT2D eigenvalue weighted by atomic mass is 35.5. The number of methoxy groups -OCH3 is 1. The molecule has 6 heteroatoms. The van der Waals surface area contributed by atoms with Gasteiger partial charge in [0.05, 0.1) is 6.61 Å². The third kappa shape index (κ3) is 4.21. The second-order valence-corrected chi connectivity index (χ2v) is 5.56. The van der Waals surface area contributed by atoms with Crippen LogP contribution in [0.2, 0.25) is 10.0 Å². The number of hydrogen-bond acceptors (Lipinski definition) is 3. The van der Waals surface area contributed by atoms with E-state index >= 15 is 0 Å². The van der Waals surface area contributed by atoms with Gasteiger partial charge in [0.1, 0.15) is 0 Å². The van der Waals surface area contributed by atoms with Crippen molar-refractivity contribution in [2.45, 2.75) is 12.7 Å². The van der Waals surface area contributed by atoms with E-state index in [2.05, 4.69) is 5.32 Å². The van der Waals surface area contributed by atoms with Crippen LogP contribution in [0.5, 0.6) is 0 Å².